The van der Waals surface area contributed by atoms with E-state index in [-0.39, 0.29) is 11.1 Å². The van der Waals surface area contributed by atoms with Crippen LogP contribution in [0.2, 0.25) is 0 Å². The highest BCUT2D eigenvalue weighted by Crippen LogP contribution is 2.31. The molecular formula is C14H8F6O. The van der Waals surface area contributed by atoms with Gasteiger partial charge in [0.25, 0.3) is 6.43 Å². The Morgan fingerprint density at radius 1 is 0.952 bits per heavy atom. The van der Waals surface area contributed by atoms with Gasteiger partial charge in [-0.2, -0.15) is 0 Å². The predicted molar refractivity (Wildman–Crippen MR) is 63.5 cm³/mol. The Kier molecular flexibility index (Phi) is 4.11. The van der Waals surface area contributed by atoms with Crippen molar-refractivity contribution in [1.29, 1.82) is 0 Å². The van der Waals surface area contributed by atoms with Crippen LogP contribution in [0.4, 0.5) is 26.3 Å². The lowest BCUT2D eigenvalue weighted by atomic mass is 10.0. The number of halogens is 6. The maximum atomic E-state index is 13.7. The zero-order valence-corrected chi connectivity index (χ0v) is 10.3. The number of hydrogen-bond donors (Lipinski definition) is 0. The van der Waals surface area contributed by atoms with Crippen LogP contribution in [0.3, 0.4) is 0 Å². The largest absolute Gasteiger partial charge is 0.573 e. The van der Waals surface area contributed by atoms with Crippen molar-refractivity contribution < 1.29 is 31.1 Å². The third-order valence-corrected chi connectivity index (χ3v) is 2.62. The SMILES string of the molecule is Fc1ccc(C(F)F)cc1-c1cccc(OC(F)(F)F)c1. The zero-order chi connectivity index (χ0) is 15.6. The summed E-state index contributed by atoms with van der Waals surface area (Å²) in [6.45, 7) is 0. The van der Waals surface area contributed by atoms with E-state index in [0.29, 0.717) is 0 Å². The van der Waals surface area contributed by atoms with E-state index in [1.165, 1.54) is 12.1 Å². The lowest BCUT2D eigenvalue weighted by Gasteiger charge is -2.11. The standard InChI is InChI=1S/C14H8F6O/c15-12-5-4-9(13(16)17)7-11(12)8-2-1-3-10(6-8)21-14(18,19)20/h1-7,13H. The molecule has 0 atom stereocenters. The molecule has 112 valence electrons. The summed E-state index contributed by atoms with van der Waals surface area (Å²) in [5.41, 5.74) is -0.634. The Morgan fingerprint density at radius 3 is 2.29 bits per heavy atom. The van der Waals surface area contributed by atoms with Crippen LogP contribution < -0.4 is 4.74 Å². The fourth-order valence-corrected chi connectivity index (χ4v) is 1.76. The average molecular weight is 306 g/mol. The Bertz CT molecular complexity index is 636. The van der Waals surface area contributed by atoms with Gasteiger partial charge in [-0.15, -0.1) is 13.2 Å². The minimum atomic E-state index is -4.89. The van der Waals surface area contributed by atoms with Gasteiger partial charge in [0.2, 0.25) is 0 Å². The van der Waals surface area contributed by atoms with Crippen molar-refractivity contribution >= 4 is 0 Å². The summed E-state index contributed by atoms with van der Waals surface area (Å²) in [6, 6.07) is 7.13. The molecule has 0 saturated carbocycles. The summed E-state index contributed by atoms with van der Waals surface area (Å²) in [5, 5.41) is 0. The summed E-state index contributed by atoms with van der Waals surface area (Å²) >= 11 is 0. The first kappa shape index (κ1) is 15.2. The maximum absolute atomic E-state index is 13.7. The van der Waals surface area contributed by atoms with Gasteiger partial charge in [-0.05, 0) is 29.8 Å². The Labute approximate surface area is 115 Å². The fraction of sp³-hybridized carbons (Fsp3) is 0.143. The first-order valence-corrected chi connectivity index (χ1v) is 5.70. The minimum absolute atomic E-state index is 0.0109. The Balaban J connectivity index is 2.42. The number of rotatable bonds is 3. The second-order valence-corrected chi connectivity index (χ2v) is 4.12. The van der Waals surface area contributed by atoms with Crippen molar-refractivity contribution in [2.45, 2.75) is 12.8 Å². The smallest absolute Gasteiger partial charge is 0.406 e. The number of benzene rings is 2. The number of hydrogen-bond acceptors (Lipinski definition) is 1. The molecule has 0 unspecified atom stereocenters. The topological polar surface area (TPSA) is 9.23 Å². The molecule has 0 aliphatic rings. The van der Waals surface area contributed by atoms with Crippen LogP contribution >= 0.6 is 0 Å². The molecule has 0 bridgehead atoms. The molecule has 0 N–H and O–H groups in total. The molecule has 0 spiro atoms. The number of ether oxygens (including phenoxy) is 1. The molecule has 0 aromatic heterocycles. The lowest BCUT2D eigenvalue weighted by molar-refractivity contribution is -0.274. The van der Waals surface area contributed by atoms with Gasteiger partial charge < -0.3 is 4.74 Å². The highest BCUT2D eigenvalue weighted by molar-refractivity contribution is 5.66. The molecule has 7 heteroatoms. The van der Waals surface area contributed by atoms with E-state index in [1.54, 1.807) is 0 Å². The molecule has 2 rings (SSSR count). The summed E-state index contributed by atoms with van der Waals surface area (Å²) < 4.78 is 79.0. The van der Waals surface area contributed by atoms with E-state index in [9.17, 15) is 26.3 Å². The van der Waals surface area contributed by atoms with Crippen molar-refractivity contribution in [3.63, 3.8) is 0 Å². The first-order chi connectivity index (χ1) is 9.76. The van der Waals surface area contributed by atoms with Gasteiger partial charge in [0.05, 0.1) is 0 Å². The molecule has 1 nitrogen and oxygen atoms in total. The highest BCUT2D eigenvalue weighted by atomic mass is 19.4. The molecule has 2 aromatic carbocycles. The third-order valence-electron chi connectivity index (χ3n) is 2.62. The molecule has 2 aromatic rings. The summed E-state index contributed by atoms with van der Waals surface area (Å²) in [6.07, 6.45) is -7.69. The number of alkyl halides is 5. The van der Waals surface area contributed by atoms with E-state index in [0.717, 1.165) is 30.3 Å². The summed E-state index contributed by atoms with van der Waals surface area (Å²) in [5.74, 6) is -1.37. The maximum Gasteiger partial charge on any atom is 0.573 e. The van der Waals surface area contributed by atoms with Crippen LogP contribution in [0.1, 0.15) is 12.0 Å². The molecule has 0 amide bonds. The molecule has 0 heterocycles. The van der Waals surface area contributed by atoms with E-state index >= 15 is 0 Å². The van der Waals surface area contributed by atoms with Crippen molar-refractivity contribution in [1.82, 2.24) is 0 Å². The summed E-state index contributed by atoms with van der Waals surface area (Å²) in [4.78, 5) is 0. The van der Waals surface area contributed by atoms with Crippen molar-refractivity contribution in [3.8, 4) is 16.9 Å². The Morgan fingerprint density at radius 2 is 1.67 bits per heavy atom. The predicted octanol–water partition coefficient (Wildman–Crippen LogP) is 5.33. The fourth-order valence-electron chi connectivity index (χ4n) is 1.76. The summed E-state index contributed by atoms with van der Waals surface area (Å²) in [7, 11) is 0. The molecule has 21 heavy (non-hydrogen) atoms. The monoisotopic (exact) mass is 306 g/mol. The first-order valence-electron chi connectivity index (χ1n) is 5.70. The van der Waals surface area contributed by atoms with Gasteiger partial charge >= 0.3 is 6.36 Å². The van der Waals surface area contributed by atoms with E-state index < -0.39 is 29.9 Å². The molecule has 0 aliphatic carbocycles. The average Bonchev–Trinajstić information content (AvgIpc) is 2.37. The van der Waals surface area contributed by atoms with Gasteiger partial charge in [-0.3, -0.25) is 0 Å². The van der Waals surface area contributed by atoms with Crippen LogP contribution in [0.25, 0.3) is 11.1 Å². The Hall–Kier alpha value is -2.18. The van der Waals surface area contributed by atoms with Crippen LogP contribution in [0.5, 0.6) is 5.75 Å². The highest BCUT2D eigenvalue weighted by Gasteiger charge is 2.31. The van der Waals surface area contributed by atoms with Gasteiger partial charge in [0.1, 0.15) is 11.6 Å². The van der Waals surface area contributed by atoms with Crippen LogP contribution in [0.15, 0.2) is 42.5 Å². The third kappa shape index (κ3) is 3.90. The van der Waals surface area contributed by atoms with Crippen LogP contribution in [-0.2, 0) is 0 Å². The van der Waals surface area contributed by atoms with Crippen LogP contribution in [0, 0.1) is 5.82 Å². The zero-order valence-electron chi connectivity index (χ0n) is 10.3. The van der Waals surface area contributed by atoms with Crippen molar-refractivity contribution in [3.05, 3.63) is 53.8 Å². The quantitative estimate of drug-likeness (QED) is 0.696. The van der Waals surface area contributed by atoms with Crippen molar-refractivity contribution in [2.24, 2.45) is 0 Å². The molecule has 0 fully saturated rings. The molecule has 0 radical (unpaired) electrons. The van der Waals surface area contributed by atoms with Crippen molar-refractivity contribution in [2.75, 3.05) is 0 Å². The minimum Gasteiger partial charge on any atom is -0.406 e. The van der Waals surface area contributed by atoms with E-state index in [4.69, 9.17) is 0 Å². The molecule has 0 aliphatic heterocycles. The van der Waals surface area contributed by atoms with Gasteiger partial charge in [0, 0.05) is 11.1 Å². The van der Waals surface area contributed by atoms with Gasteiger partial charge in [0.15, 0.2) is 0 Å². The van der Waals surface area contributed by atoms with E-state index in [1.807, 2.05) is 0 Å². The van der Waals surface area contributed by atoms with E-state index in [2.05, 4.69) is 4.74 Å². The lowest BCUT2D eigenvalue weighted by Crippen LogP contribution is -2.17. The second kappa shape index (κ2) is 5.67. The second-order valence-electron chi connectivity index (χ2n) is 4.12. The van der Waals surface area contributed by atoms with Gasteiger partial charge in [-0.25, -0.2) is 13.2 Å². The molecular weight excluding hydrogens is 298 g/mol. The normalized spacial score (nSPS) is 11.8. The van der Waals surface area contributed by atoms with Crippen LogP contribution in [-0.4, -0.2) is 6.36 Å². The van der Waals surface area contributed by atoms with Gasteiger partial charge in [-0.1, -0.05) is 18.2 Å². The molecule has 0 saturated heterocycles.